The number of anilines is 1. The van der Waals surface area contributed by atoms with Crippen LogP contribution in [0.2, 0.25) is 0 Å². The summed E-state index contributed by atoms with van der Waals surface area (Å²) in [5.41, 5.74) is 1.41. The van der Waals surface area contributed by atoms with Gasteiger partial charge in [-0.05, 0) is 59.3 Å². The van der Waals surface area contributed by atoms with Gasteiger partial charge in [-0.25, -0.2) is 4.39 Å². The zero-order chi connectivity index (χ0) is 11.5. The van der Waals surface area contributed by atoms with Crippen LogP contribution in [-0.4, -0.2) is 0 Å². The van der Waals surface area contributed by atoms with E-state index in [2.05, 4.69) is 27.9 Å². The van der Waals surface area contributed by atoms with E-state index in [0.29, 0.717) is 12.2 Å². The first-order chi connectivity index (χ1) is 7.65. The van der Waals surface area contributed by atoms with Crippen molar-refractivity contribution in [2.75, 3.05) is 5.32 Å². The fraction of sp³-hybridized carbons (Fsp3) is 0.167. The van der Waals surface area contributed by atoms with Gasteiger partial charge in [0.15, 0.2) is 3.77 Å². The van der Waals surface area contributed by atoms with Crippen LogP contribution in [0, 0.1) is 16.5 Å². The summed E-state index contributed by atoms with van der Waals surface area (Å²) in [7, 11) is 0. The molecule has 0 bridgehead atoms. The summed E-state index contributed by atoms with van der Waals surface area (Å²) < 4.78 is 19.7. The Kier molecular flexibility index (Phi) is 3.48. The third-order valence-electron chi connectivity index (χ3n) is 2.21. The van der Waals surface area contributed by atoms with Gasteiger partial charge in [-0.3, -0.25) is 0 Å². The molecule has 0 amide bonds. The van der Waals surface area contributed by atoms with Crippen LogP contribution in [0.15, 0.2) is 34.7 Å². The second kappa shape index (κ2) is 4.86. The zero-order valence-corrected chi connectivity index (χ0v) is 10.9. The van der Waals surface area contributed by atoms with Crippen LogP contribution in [0.25, 0.3) is 0 Å². The van der Waals surface area contributed by atoms with Gasteiger partial charge in [0.1, 0.15) is 11.6 Å². The highest BCUT2D eigenvalue weighted by atomic mass is 127. The molecule has 1 aromatic heterocycles. The summed E-state index contributed by atoms with van der Waals surface area (Å²) in [5.74, 6) is 0.561. The largest absolute Gasteiger partial charge is 0.454 e. The molecule has 0 saturated heterocycles. The fourth-order valence-electron chi connectivity index (χ4n) is 1.39. The van der Waals surface area contributed by atoms with Crippen molar-refractivity contribution < 1.29 is 8.81 Å². The second-order valence-corrected chi connectivity index (χ2v) is 4.61. The van der Waals surface area contributed by atoms with Crippen LogP contribution < -0.4 is 5.32 Å². The average Bonchev–Trinajstić information content (AvgIpc) is 2.63. The monoisotopic (exact) mass is 331 g/mol. The van der Waals surface area contributed by atoms with Crippen LogP contribution in [0.1, 0.15) is 11.3 Å². The first kappa shape index (κ1) is 11.4. The van der Waals surface area contributed by atoms with E-state index >= 15 is 0 Å². The minimum absolute atomic E-state index is 0.235. The third kappa shape index (κ3) is 2.75. The number of furan rings is 1. The van der Waals surface area contributed by atoms with E-state index in [0.717, 1.165) is 15.1 Å². The van der Waals surface area contributed by atoms with Gasteiger partial charge in [-0.1, -0.05) is 6.07 Å². The predicted octanol–water partition coefficient (Wildman–Crippen LogP) is 3.94. The first-order valence-electron chi connectivity index (χ1n) is 4.89. The Labute approximate surface area is 107 Å². The van der Waals surface area contributed by atoms with E-state index in [1.807, 2.05) is 25.1 Å². The van der Waals surface area contributed by atoms with E-state index < -0.39 is 0 Å². The molecule has 0 saturated carbocycles. The lowest BCUT2D eigenvalue weighted by Gasteiger charge is -2.06. The molecular formula is C12H11FINO. The Balaban J connectivity index is 2.04. The molecule has 2 rings (SSSR count). The minimum atomic E-state index is -0.235. The average molecular weight is 331 g/mol. The van der Waals surface area contributed by atoms with E-state index in [9.17, 15) is 4.39 Å². The molecule has 1 aromatic carbocycles. The number of halogens is 2. The molecule has 0 fully saturated rings. The number of rotatable bonds is 3. The van der Waals surface area contributed by atoms with E-state index in [-0.39, 0.29) is 5.82 Å². The molecule has 4 heteroatoms. The summed E-state index contributed by atoms with van der Waals surface area (Å²) in [5, 5.41) is 3.00. The summed E-state index contributed by atoms with van der Waals surface area (Å²) in [6.45, 7) is 2.35. The van der Waals surface area contributed by atoms with Crippen molar-refractivity contribution in [2.24, 2.45) is 0 Å². The minimum Gasteiger partial charge on any atom is -0.454 e. The summed E-state index contributed by atoms with van der Waals surface area (Å²) in [6, 6.07) is 8.87. The first-order valence-corrected chi connectivity index (χ1v) is 5.97. The fourth-order valence-corrected chi connectivity index (χ4v) is 1.86. The van der Waals surface area contributed by atoms with Gasteiger partial charge in [0.2, 0.25) is 0 Å². The van der Waals surface area contributed by atoms with Crippen molar-refractivity contribution >= 4 is 28.3 Å². The molecule has 0 unspecified atom stereocenters. The number of aryl methyl sites for hydroxylation is 1. The summed E-state index contributed by atoms with van der Waals surface area (Å²) >= 11 is 2.10. The van der Waals surface area contributed by atoms with Crippen LogP contribution in [-0.2, 0) is 6.54 Å². The Morgan fingerprint density at radius 2 is 2.12 bits per heavy atom. The molecule has 16 heavy (non-hydrogen) atoms. The van der Waals surface area contributed by atoms with Gasteiger partial charge in [0, 0.05) is 0 Å². The molecule has 0 aliphatic rings. The van der Waals surface area contributed by atoms with E-state index in [4.69, 9.17) is 4.42 Å². The van der Waals surface area contributed by atoms with Crippen LogP contribution in [0.5, 0.6) is 0 Å². The van der Waals surface area contributed by atoms with Crippen molar-refractivity contribution in [3.63, 3.8) is 0 Å². The molecule has 1 N–H and O–H groups in total. The summed E-state index contributed by atoms with van der Waals surface area (Å²) in [6.07, 6.45) is 0. The molecule has 84 valence electrons. The van der Waals surface area contributed by atoms with Crippen molar-refractivity contribution in [3.8, 4) is 0 Å². The number of nitrogens with one attached hydrogen (secondary N) is 1. The molecule has 0 aliphatic carbocycles. The van der Waals surface area contributed by atoms with Crippen LogP contribution >= 0.6 is 22.6 Å². The van der Waals surface area contributed by atoms with E-state index in [1.54, 1.807) is 6.07 Å². The predicted molar refractivity (Wildman–Crippen MR) is 69.9 cm³/mol. The number of benzene rings is 1. The molecule has 0 aliphatic heterocycles. The molecule has 1 heterocycles. The molecule has 2 nitrogen and oxygen atoms in total. The number of hydrogen-bond acceptors (Lipinski definition) is 2. The van der Waals surface area contributed by atoms with Gasteiger partial charge in [0.25, 0.3) is 0 Å². The van der Waals surface area contributed by atoms with Crippen LogP contribution in [0.4, 0.5) is 10.1 Å². The second-order valence-electron chi connectivity index (χ2n) is 3.54. The van der Waals surface area contributed by atoms with Crippen LogP contribution in [0.3, 0.4) is 0 Å². The maximum atomic E-state index is 13.5. The van der Waals surface area contributed by atoms with Gasteiger partial charge in [-0.2, -0.15) is 0 Å². The normalized spacial score (nSPS) is 10.4. The quantitative estimate of drug-likeness (QED) is 0.862. The topological polar surface area (TPSA) is 25.2 Å². The van der Waals surface area contributed by atoms with Crippen molar-refractivity contribution in [1.29, 1.82) is 0 Å². The molecule has 0 atom stereocenters. The lowest BCUT2D eigenvalue weighted by atomic mass is 10.2. The van der Waals surface area contributed by atoms with E-state index in [1.165, 1.54) is 6.07 Å². The smallest absolute Gasteiger partial charge is 0.164 e. The maximum Gasteiger partial charge on any atom is 0.164 e. The van der Waals surface area contributed by atoms with Crippen molar-refractivity contribution in [2.45, 2.75) is 13.5 Å². The lowest BCUT2D eigenvalue weighted by Crippen LogP contribution is -2.00. The van der Waals surface area contributed by atoms with Crippen molar-refractivity contribution in [1.82, 2.24) is 0 Å². The molecule has 0 radical (unpaired) electrons. The number of hydrogen-bond donors (Lipinski definition) is 1. The van der Waals surface area contributed by atoms with Gasteiger partial charge < -0.3 is 9.73 Å². The van der Waals surface area contributed by atoms with Gasteiger partial charge >= 0.3 is 0 Å². The summed E-state index contributed by atoms with van der Waals surface area (Å²) in [4.78, 5) is 0. The Morgan fingerprint density at radius 3 is 2.75 bits per heavy atom. The Hall–Kier alpha value is -1.04. The highest BCUT2D eigenvalue weighted by molar-refractivity contribution is 14.1. The van der Waals surface area contributed by atoms with Crippen molar-refractivity contribution in [3.05, 3.63) is 51.2 Å². The highest BCUT2D eigenvalue weighted by Crippen LogP contribution is 2.17. The Bertz CT molecular complexity index is 496. The standard InChI is InChI=1S/C12H11FINO/c1-8-2-4-11(10(13)6-8)15-7-9-3-5-12(14)16-9/h2-6,15H,7H2,1H3. The third-order valence-corrected chi connectivity index (χ3v) is 2.79. The Morgan fingerprint density at radius 1 is 1.31 bits per heavy atom. The molecular weight excluding hydrogens is 320 g/mol. The molecule has 2 aromatic rings. The molecule has 0 spiro atoms. The van der Waals surface area contributed by atoms with Gasteiger partial charge in [-0.15, -0.1) is 0 Å². The SMILES string of the molecule is Cc1ccc(NCc2ccc(I)o2)c(F)c1. The van der Waals surface area contributed by atoms with Gasteiger partial charge in [0.05, 0.1) is 12.2 Å². The zero-order valence-electron chi connectivity index (χ0n) is 8.76. The lowest BCUT2D eigenvalue weighted by molar-refractivity contribution is 0.492. The highest BCUT2D eigenvalue weighted by Gasteiger charge is 2.03. The maximum absolute atomic E-state index is 13.5.